The van der Waals surface area contributed by atoms with E-state index in [1.165, 1.54) is 0 Å². The first-order chi connectivity index (χ1) is 11.2. The number of ether oxygens (including phenoxy) is 2. The number of carbonyl (C=O) groups is 1. The van der Waals surface area contributed by atoms with E-state index >= 15 is 0 Å². The van der Waals surface area contributed by atoms with E-state index in [-0.39, 0.29) is 17.6 Å². The van der Waals surface area contributed by atoms with Gasteiger partial charge in [-0.05, 0) is 37.1 Å². The minimum Gasteiger partial charge on any atom is -0.485 e. The number of nitrogens with zero attached hydrogens (tertiary/aromatic N) is 1. The van der Waals surface area contributed by atoms with Gasteiger partial charge in [0.05, 0.1) is 0 Å². The first kappa shape index (κ1) is 16.8. The third kappa shape index (κ3) is 4.44. The lowest BCUT2D eigenvalue weighted by atomic mass is 10.0. The van der Waals surface area contributed by atoms with E-state index in [4.69, 9.17) is 9.47 Å². The number of para-hydroxylation sites is 1. The molecule has 1 atom stereocenters. The van der Waals surface area contributed by atoms with Crippen molar-refractivity contribution in [1.82, 2.24) is 5.32 Å². The fourth-order valence-corrected chi connectivity index (χ4v) is 2.25. The number of rotatable bonds is 6. The average molecular weight is 312 g/mol. The van der Waals surface area contributed by atoms with Crippen molar-refractivity contribution in [2.45, 2.75) is 19.4 Å². The van der Waals surface area contributed by atoms with E-state index < -0.39 is 0 Å². The molecule has 120 valence electrons. The second-order valence-electron chi connectivity index (χ2n) is 5.21. The monoisotopic (exact) mass is 312 g/mol. The molecule has 1 unspecified atom stereocenters. The predicted molar refractivity (Wildman–Crippen MR) is 87.7 cm³/mol. The maximum absolute atomic E-state index is 12.1. The largest absolute Gasteiger partial charge is 0.485 e. The highest BCUT2D eigenvalue weighted by Crippen LogP contribution is 2.30. The summed E-state index contributed by atoms with van der Waals surface area (Å²) in [6.07, 6.45) is 4.02. The van der Waals surface area contributed by atoms with Crippen LogP contribution in [-0.4, -0.2) is 32.3 Å². The first-order valence-corrected chi connectivity index (χ1v) is 7.52. The maximum Gasteiger partial charge on any atom is 0.261 e. The normalized spacial score (nSPS) is 16.7. The van der Waals surface area contributed by atoms with Gasteiger partial charge < -0.3 is 14.8 Å². The van der Waals surface area contributed by atoms with Crippen LogP contribution < -0.4 is 10.1 Å². The second-order valence-corrected chi connectivity index (χ2v) is 5.21. The maximum atomic E-state index is 12.1. The Hall–Kier alpha value is -2.58. The minimum absolute atomic E-state index is 0.0727. The van der Waals surface area contributed by atoms with Crippen LogP contribution in [0.15, 0.2) is 41.5 Å². The smallest absolute Gasteiger partial charge is 0.261 e. The second kappa shape index (κ2) is 8.16. The highest BCUT2D eigenvalue weighted by Gasteiger charge is 2.19. The summed E-state index contributed by atoms with van der Waals surface area (Å²) in [5.74, 6) is 0.426. The van der Waals surface area contributed by atoms with Crippen LogP contribution in [0.5, 0.6) is 5.75 Å². The first-order valence-electron chi connectivity index (χ1n) is 7.52. The van der Waals surface area contributed by atoms with Crippen LogP contribution in [0.2, 0.25) is 0 Å². The minimum atomic E-state index is -0.379. The van der Waals surface area contributed by atoms with Crippen molar-refractivity contribution in [3.05, 3.63) is 47.1 Å². The van der Waals surface area contributed by atoms with Crippen molar-refractivity contribution in [2.75, 3.05) is 20.3 Å². The molecule has 0 bridgehead atoms. The van der Waals surface area contributed by atoms with E-state index in [1.807, 2.05) is 43.3 Å². The van der Waals surface area contributed by atoms with Crippen LogP contribution in [0, 0.1) is 11.3 Å². The zero-order chi connectivity index (χ0) is 16.7. The molecular formula is C18H20N2O3. The number of nitriles is 1. The summed E-state index contributed by atoms with van der Waals surface area (Å²) in [6, 6.07) is 9.62. The summed E-state index contributed by atoms with van der Waals surface area (Å²) in [6.45, 7) is 2.93. The van der Waals surface area contributed by atoms with Crippen molar-refractivity contribution in [2.24, 2.45) is 0 Å². The Labute approximate surface area is 136 Å². The van der Waals surface area contributed by atoms with Gasteiger partial charge in [0.25, 0.3) is 5.91 Å². The molecule has 1 aromatic carbocycles. The fourth-order valence-electron chi connectivity index (χ4n) is 2.25. The topological polar surface area (TPSA) is 71.3 Å². The predicted octanol–water partition coefficient (Wildman–Crippen LogP) is 2.45. The van der Waals surface area contributed by atoms with Crippen LogP contribution >= 0.6 is 0 Å². The third-order valence-electron chi connectivity index (χ3n) is 3.50. The molecule has 1 aromatic rings. The van der Waals surface area contributed by atoms with E-state index in [2.05, 4.69) is 5.32 Å². The molecule has 0 radical (unpaired) electrons. The molecule has 1 aliphatic rings. The van der Waals surface area contributed by atoms with Gasteiger partial charge in [0.15, 0.2) is 0 Å². The van der Waals surface area contributed by atoms with Gasteiger partial charge in [-0.25, -0.2) is 0 Å². The summed E-state index contributed by atoms with van der Waals surface area (Å²) in [7, 11) is 1.61. The summed E-state index contributed by atoms with van der Waals surface area (Å²) in [4.78, 5) is 12.1. The zero-order valence-electron chi connectivity index (χ0n) is 13.3. The molecule has 0 spiro atoms. The highest BCUT2D eigenvalue weighted by atomic mass is 16.5. The average Bonchev–Trinajstić information content (AvgIpc) is 2.56. The molecule has 1 heterocycles. The lowest BCUT2D eigenvalue weighted by molar-refractivity contribution is -0.117. The Balaban J connectivity index is 2.13. The molecule has 1 amide bonds. The molecule has 5 nitrogen and oxygen atoms in total. The molecule has 2 rings (SSSR count). The van der Waals surface area contributed by atoms with Gasteiger partial charge in [-0.1, -0.05) is 18.2 Å². The van der Waals surface area contributed by atoms with Crippen molar-refractivity contribution in [3.8, 4) is 11.8 Å². The number of fused-ring (bicyclic) bond motifs is 1. The van der Waals surface area contributed by atoms with Crippen LogP contribution in [0.1, 0.15) is 18.9 Å². The molecule has 0 saturated heterocycles. The van der Waals surface area contributed by atoms with Crippen LogP contribution in [0.25, 0.3) is 6.08 Å². The SMILES string of the molecule is COCCCNC(=O)C(C#N)=CC1=Cc2ccccc2OC1C. The van der Waals surface area contributed by atoms with Crippen molar-refractivity contribution in [3.63, 3.8) is 0 Å². The quantitative estimate of drug-likeness (QED) is 0.497. The Morgan fingerprint density at radius 2 is 2.26 bits per heavy atom. The van der Waals surface area contributed by atoms with Gasteiger partial charge in [0.2, 0.25) is 0 Å². The number of nitrogens with one attached hydrogen (secondary N) is 1. The highest BCUT2D eigenvalue weighted by molar-refractivity contribution is 5.98. The van der Waals surface area contributed by atoms with Crippen molar-refractivity contribution in [1.29, 1.82) is 5.26 Å². The van der Waals surface area contributed by atoms with Gasteiger partial charge in [-0.3, -0.25) is 4.79 Å². The lowest BCUT2D eigenvalue weighted by Gasteiger charge is -2.23. The van der Waals surface area contributed by atoms with Crippen LogP contribution in [-0.2, 0) is 9.53 Å². The number of carbonyl (C=O) groups excluding carboxylic acids is 1. The molecule has 1 N–H and O–H groups in total. The van der Waals surface area contributed by atoms with Crippen molar-refractivity contribution >= 4 is 12.0 Å². The van der Waals surface area contributed by atoms with E-state index in [9.17, 15) is 10.1 Å². The number of hydrogen-bond donors (Lipinski definition) is 1. The molecule has 0 aliphatic carbocycles. The Morgan fingerprint density at radius 1 is 1.48 bits per heavy atom. The van der Waals surface area contributed by atoms with Crippen LogP contribution in [0.4, 0.5) is 0 Å². The fraction of sp³-hybridized carbons (Fsp3) is 0.333. The molecule has 5 heteroatoms. The number of benzene rings is 1. The van der Waals surface area contributed by atoms with Gasteiger partial charge in [0.1, 0.15) is 23.5 Å². The third-order valence-corrected chi connectivity index (χ3v) is 3.50. The summed E-state index contributed by atoms with van der Waals surface area (Å²) >= 11 is 0. The summed E-state index contributed by atoms with van der Waals surface area (Å²) in [5, 5.41) is 12.0. The Kier molecular flexibility index (Phi) is 5.95. The standard InChI is InChI=1S/C18H20N2O3/c1-13-15(10-14-6-3-4-7-17(14)23-13)11-16(12-19)18(21)20-8-5-9-22-2/h3-4,6-7,10-11,13H,5,8-9H2,1-2H3,(H,20,21). The Bertz CT molecular complexity index is 671. The molecule has 0 saturated carbocycles. The molecular weight excluding hydrogens is 292 g/mol. The molecule has 0 aromatic heterocycles. The van der Waals surface area contributed by atoms with Crippen molar-refractivity contribution < 1.29 is 14.3 Å². The molecule has 0 fully saturated rings. The van der Waals surface area contributed by atoms with Gasteiger partial charge in [-0.2, -0.15) is 5.26 Å². The van der Waals surface area contributed by atoms with E-state index in [0.717, 1.165) is 16.9 Å². The number of amides is 1. The van der Waals surface area contributed by atoms with E-state index in [1.54, 1.807) is 13.2 Å². The Morgan fingerprint density at radius 3 is 3.00 bits per heavy atom. The summed E-state index contributed by atoms with van der Waals surface area (Å²) < 4.78 is 10.7. The molecule has 23 heavy (non-hydrogen) atoms. The van der Waals surface area contributed by atoms with Gasteiger partial charge >= 0.3 is 0 Å². The zero-order valence-corrected chi connectivity index (χ0v) is 13.3. The number of hydrogen-bond acceptors (Lipinski definition) is 4. The van der Waals surface area contributed by atoms with Gasteiger partial charge in [0, 0.05) is 25.8 Å². The summed E-state index contributed by atoms with van der Waals surface area (Å²) in [5.41, 5.74) is 1.81. The van der Waals surface area contributed by atoms with E-state index in [0.29, 0.717) is 19.6 Å². The number of methoxy groups -OCH3 is 1. The molecule has 1 aliphatic heterocycles. The van der Waals surface area contributed by atoms with Gasteiger partial charge in [-0.15, -0.1) is 0 Å². The lowest BCUT2D eigenvalue weighted by Crippen LogP contribution is -2.27. The van der Waals surface area contributed by atoms with Crippen LogP contribution in [0.3, 0.4) is 0 Å².